The molecule has 1 N–H and O–H groups in total. The Labute approximate surface area is 181 Å². The molecule has 2 aromatic rings. The average molecular weight is 449 g/mol. The van der Waals surface area contributed by atoms with Crippen molar-refractivity contribution in [3.63, 3.8) is 0 Å². The molecule has 2 aromatic carbocycles. The highest BCUT2D eigenvalue weighted by Gasteiger charge is 2.30. The Hall–Kier alpha value is -2.78. The van der Waals surface area contributed by atoms with E-state index in [1.165, 1.54) is 22.5 Å². The SMILES string of the molecule is CCCCOC(=O)c1ccc(NC(=O)c2ccc(F)c(S(=O)(=O)N3CCCC3)c2)cc1. The van der Waals surface area contributed by atoms with E-state index >= 15 is 0 Å². The van der Waals surface area contributed by atoms with Gasteiger partial charge in [-0.1, -0.05) is 13.3 Å². The first-order valence-corrected chi connectivity index (χ1v) is 11.6. The lowest BCUT2D eigenvalue weighted by atomic mass is 10.2. The molecule has 1 saturated heterocycles. The van der Waals surface area contributed by atoms with E-state index in [9.17, 15) is 22.4 Å². The molecule has 1 aliphatic rings. The minimum absolute atomic E-state index is 0.0159. The van der Waals surface area contributed by atoms with Crippen molar-refractivity contribution in [2.45, 2.75) is 37.5 Å². The molecule has 0 bridgehead atoms. The van der Waals surface area contributed by atoms with E-state index in [4.69, 9.17) is 4.74 Å². The number of nitrogens with zero attached hydrogens (tertiary/aromatic N) is 1. The maximum absolute atomic E-state index is 14.3. The minimum atomic E-state index is -4.00. The number of rotatable bonds is 8. The zero-order chi connectivity index (χ0) is 22.4. The van der Waals surface area contributed by atoms with Crippen LogP contribution < -0.4 is 5.32 Å². The zero-order valence-electron chi connectivity index (χ0n) is 17.3. The number of carbonyl (C=O) groups excluding carboxylic acids is 2. The number of esters is 1. The predicted octanol–water partition coefficient (Wildman–Crippen LogP) is 3.82. The van der Waals surface area contributed by atoms with Crippen LogP contribution in [-0.4, -0.2) is 44.3 Å². The first-order valence-electron chi connectivity index (χ1n) is 10.2. The van der Waals surface area contributed by atoms with Crippen LogP contribution in [0.4, 0.5) is 10.1 Å². The number of hydrogen-bond donors (Lipinski definition) is 1. The Kier molecular flexibility index (Phi) is 7.40. The summed E-state index contributed by atoms with van der Waals surface area (Å²) in [5.74, 6) is -1.92. The molecule has 0 radical (unpaired) electrons. The third-order valence-electron chi connectivity index (χ3n) is 4.99. The fourth-order valence-corrected chi connectivity index (χ4v) is 4.80. The molecule has 0 atom stereocenters. The van der Waals surface area contributed by atoms with Crippen molar-refractivity contribution >= 4 is 27.6 Å². The second-order valence-corrected chi connectivity index (χ2v) is 9.18. The number of halogens is 1. The summed E-state index contributed by atoms with van der Waals surface area (Å²) in [6.07, 6.45) is 3.15. The van der Waals surface area contributed by atoms with Gasteiger partial charge in [-0.25, -0.2) is 17.6 Å². The molecule has 0 spiro atoms. The van der Waals surface area contributed by atoms with Gasteiger partial charge in [-0.15, -0.1) is 0 Å². The lowest BCUT2D eigenvalue weighted by Crippen LogP contribution is -2.29. The van der Waals surface area contributed by atoms with Gasteiger partial charge in [0.2, 0.25) is 10.0 Å². The summed E-state index contributed by atoms with van der Waals surface area (Å²) in [6.45, 7) is 3.02. The van der Waals surface area contributed by atoms with Crippen molar-refractivity contribution in [3.8, 4) is 0 Å². The minimum Gasteiger partial charge on any atom is -0.462 e. The Morgan fingerprint density at radius 2 is 1.71 bits per heavy atom. The molecule has 1 aliphatic heterocycles. The molecule has 3 rings (SSSR count). The van der Waals surface area contributed by atoms with E-state index in [-0.39, 0.29) is 5.56 Å². The molecule has 7 nitrogen and oxygen atoms in total. The van der Waals surface area contributed by atoms with Gasteiger partial charge < -0.3 is 10.1 Å². The molecule has 0 aliphatic carbocycles. The van der Waals surface area contributed by atoms with Crippen molar-refractivity contribution < 1.29 is 27.1 Å². The molecule has 0 saturated carbocycles. The van der Waals surface area contributed by atoms with Gasteiger partial charge in [-0.05, 0) is 61.7 Å². The van der Waals surface area contributed by atoms with Crippen LogP contribution in [0.3, 0.4) is 0 Å². The number of amides is 1. The second kappa shape index (κ2) is 10.0. The first kappa shape index (κ1) is 22.9. The molecule has 0 unspecified atom stereocenters. The molecule has 0 aromatic heterocycles. The van der Waals surface area contributed by atoms with Gasteiger partial charge in [-0.2, -0.15) is 4.31 Å². The van der Waals surface area contributed by atoms with Crippen LogP contribution in [0.25, 0.3) is 0 Å². The number of sulfonamides is 1. The monoisotopic (exact) mass is 448 g/mol. The van der Waals surface area contributed by atoms with Crippen molar-refractivity contribution in [2.24, 2.45) is 0 Å². The highest BCUT2D eigenvalue weighted by Crippen LogP contribution is 2.24. The zero-order valence-corrected chi connectivity index (χ0v) is 18.1. The van der Waals surface area contributed by atoms with Crippen LogP contribution >= 0.6 is 0 Å². The average Bonchev–Trinajstić information content (AvgIpc) is 3.30. The Morgan fingerprint density at radius 1 is 1.06 bits per heavy atom. The summed E-state index contributed by atoms with van der Waals surface area (Å²) < 4.78 is 46.0. The van der Waals surface area contributed by atoms with Gasteiger partial charge in [0.1, 0.15) is 10.7 Å². The van der Waals surface area contributed by atoms with Gasteiger partial charge in [0.15, 0.2) is 0 Å². The molecular formula is C22H25FN2O5S. The van der Waals surface area contributed by atoms with E-state index in [0.717, 1.165) is 37.8 Å². The maximum atomic E-state index is 14.3. The highest BCUT2D eigenvalue weighted by molar-refractivity contribution is 7.89. The van der Waals surface area contributed by atoms with E-state index in [1.54, 1.807) is 12.1 Å². The smallest absolute Gasteiger partial charge is 0.338 e. The van der Waals surface area contributed by atoms with Crippen LogP contribution in [0.15, 0.2) is 47.4 Å². The van der Waals surface area contributed by atoms with Gasteiger partial charge in [0.05, 0.1) is 12.2 Å². The molecule has 1 heterocycles. The van der Waals surface area contributed by atoms with E-state index in [0.29, 0.717) is 30.9 Å². The Balaban J connectivity index is 1.71. The molecule has 1 fully saturated rings. The van der Waals surface area contributed by atoms with Crippen LogP contribution in [0.5, 0.6) is 0 Å². The normalized spacial score (nSPS) is 14.4. The number of carbonyl (C=O) groups is 2. The molecule has 166 valence electrons. The number of hydrogen-bond acceptors (Lipinski definition) is 5. The van der Waals surface area contributed by atoms with Crippen molar-refractivity contribution in [3.05, 3.63) is 59.4 Å². The highest BCUT2D eigenvalue weighted by atomic mass is 32.2. The largest absolute Gasteiger partial charge is 0.462 e. The van der Waals surface area contributed by atoms with Gasteiger partial charge >= 0.3 is 5.97 Å². The predicted molar refractivity (Wildman–Crippen MR) is 114 cm³/mol. The van der Waals surface area contributed by atoms with Crippen molar-refractivity contribution in [1.29, 1.82) is 0 Å². The van der Waals surface area contributed by atoms with Crippen LogP contribution in [0, 0.1) is 5.82 Å². The third-order valence-corrected chi connectivity index (χ3v) is 6.90. The summed E-state index contributed by atoms with van der Waals surface area (Å²) in [7, 11) is -4.00. The van der Waals surface area contributed by atoms with E-state index in [2.05, 4.69) is 5.32 Å². The second-order valence-electron chi connectivity index (χ2n) is 7.28. The number of benzene rings is 2. The number of nitrogens with one attached hydrogen (secondary N) is 1. The molecule has 1 amide bonds. The van der Waals surface area contributed by atoms with Crippen molar-refractivity contribution in [2.75, 3.05) is 25.0 Å². The summed E-state index contributed by atoms with van der Waals surface area (Å²) in [5, 5.41) is 2.62. The summed E-state index contributed by atoms with van der Waals surface area (Å²) in [4.78, 5) is 24.0. The van der Waals surface area contributed by atoms with Crippen LogP contribution in [-0.2, 0) is 14.8 Å². The fraction of sp³-hybridized carbons (Fsp3) is 0.364. The number of ether oxygens (including phenoxy) is 1. The summed E-state index contributed by atoms with van der Waals surface area (Å²) in [5.41, 5.74) is 0.778. The Bertz CT molecular complexity index is 1050. The lowest BCUT2D eigenvalue weighted by Gasteiger charge is -2.16. The van der Waals surface area contributed by atoms with Crippen LogP contribution in [0.2, 0.25) is 0 Å². The number of unbranched alkanes of at least 4 members (excludes halogenated alkanes) is 1. The van der Waals surface area contributed by atoms with E-state index < -0.39 is 32.6 Å². The maximum Gasteiger partial charge on any atom is 0.338 e. The topological polar surface area (TPSA) is 92.8 Å². The van der Waals surface area contributed by atoms with E-state index in [1.807, 2.05) is 6.92 Å². The quantitative estimate of drug-likeness (QED) is 0.490. The first-order chi connectivity index (χ1) is 14.8. The van der Waals surface area contributed by atoms with Crippen molar-refractivity contribution in [1.82, 2.24) is 4.31 Å². The molecule has 31 heavy (non-hydrogen) atoms. The molecule has 9 heteroatoms. The molecular weight excluding hydrogens is 423 g/mol. The van der Waals surface area contributed by atoms with Gasteiger partial charge in [0, 0.05) is 24.3 Å². The number of anilines is 1. The van der Waals surface area contributed by atoms with Crippen LogP contribution in [0.1, 0.15) is 53.3 Å². The standard InChI is InChI=1S/C22H25FN2O5S/c1-2-3-14-30-22(27)16-6-9-18(10-7-16)24-21(26)17-8-11-19(23)20(15-17)31(28,29)25-12-4-5-13-25/h6-11,15H,2-5,12-14H2,1H3,(H,24,26). The summed E-state index contributed by atoms with van der Waals surface area (Å²) in [6, 6.07) is 9.40. The summed E-state index contributed by atoms with van der Waals surface area (Å²) >= 11 is 0. The van der Waals surface area contributed by atoms with Gasteiger partial charge in [-0.3, -0.25) is 4.79 Å². The Morgan fingerprint density at radius 3 is 2.35 bits per heavy atom. The fourth-order valence-electron chi connectivity index (χ4n) is 3.20. The van der Waals surface area contributed by atoms with Gasteiger partial charge in [0.25, 0.3) is 5.91 Å². The third kappa shape index (κ3) is 5.48. The lowest BCUT2D eigenvalue weighted by molar-refractivity contribution is 0.0499.